The van der Waals surface area contributed by atoms with E-state index in [0.29, 0.717) is 64.0 Å². The number of fused-ring (bicyclic) bond motifs is 5. The third-order valence-corrected chi connectivity index (χ3v) is 7.37. The summed E-state index contributed by atoms with van der Waals surface area (Å²) in [7, 11) is 0. The predicted molar refractivity (Wildman–Crippen MR) is 142 cm³/mol. The first-order valence-corrected chi connectivity index (χ1v) is 12.8. The minimum Gasteiger partial charge on any atom is -0.487 e. The van der Waals surface area contributed by atoms with Gasteiger partial charge in [-0.3, -0.25) is 24.3 Å². The number of halogens is 3. The molecule has 0 radical (unpaired) electrons. The quantitative estimate of drug-likeness (QED) is 0.341. The van der Waals surface area contributed by atoms with Crippen LogP contribution in [0.1, 0.15) is 6.42 Å². The zero-order valence-corrected chi connectivity index (χ0v) is 20.9. The van der Waals surface area contributed by atoms with Crippen molar-refractivity contribution < 1.29 is 22.6 Å². The Kier molecular flexibility index (Phi) is 5.49. The molecule has 2 aliphatic rings. The molecule has 2 aliphatic heterocycles. The molecule has 204 valence electrons. The van der Waals surface area contributed by atoms with E-state index in [1.807, 2.05) is 0 Å². The van der Waals surface area contributed by atoms with Gasteiger partial charge in [0, 0.05) is 25.2 Å². The molecule has 2 N–H and O–H groups in total. The number of ether oxygens (including phenoxy) is 2. The van der Waals surface area contributed by atoms with Crippen LogP contribution in [0.25, 0.3) is 44.3 Å². The molecule has 0 saturated carbocycles. The lowest BCUT2D eigenvalue weighted by atomic mass is 10.0. The smallest absolute Gasteiger partial charge is 0.487 e. The van der Waals surface area contributed by atoms with Crippen LogP contribution in [0.5, 0.6) is 11.5 Å². The Bertz CT molecular complexity index is 1910. The van der Waals surface area contributed by atoms with E-state index < -0.39 is 11.9 Å². The van der Waals surface area contributed by atoms with E-state index in [1.54, 1.807) is 41.1 Å². The van der Waals surface area contributed by atoms with Crippen molar-refractivity contribution in [2.24, 2.45) is 0 Å². The van der Waals surface area contributed by atoms with Crippen molar-refractivity contribution in [2.45, 2.75) is 25.4 Å². The average molecular weight is 550 g/mol. The number of hydrogen-bond acceptors (Lipinski definition) is 6. The molecule has 7 rings (SSSR count). The highest BCUT2D eigenvalue weighted by Gasteiger charge is 2.31. The lowest BCUT2D eigenvalue weighted by molar-refractivity contribution is -0.274. The Hall–Kier alpha value is -4.58. The number of rotatable bonds is 2. The Morgan fingerprint density at radius 1 is 1.00 bits per heavy atom. The van der Waals surface area contributed by atoms with Crippen molar-refractivity contribution in [1.29, 1.82) is 0 Å². The molecule has 4 heterocycles. The van der Waals surface area contributed by atoms with Gasteiger partial charge in [-0.15, -0.1) is 13.2 Å². The number of H-pyrrole nitrogens is 2. The van der Waals surface area contributed by atoms with E-state index in [0.717, 1.165) is 13.0 Å². The van der Waals surface area contributed by atoms with Gasteiger partial charge in [0.05, 0.1) is 23.0 Å². The number of alkyl halides is 3. The largest absolute Gasteiger partial charge is 0.573 e. The van der Waals surface area contributed by atoms with Crippen LogP contribution in [0.15, 0.2) is 64.2 Å². The number of nitrogens with zero attached hydrogens (tertiary/aromatic N) is 3. The van der Waals surface area contributed by atoms with Crippen molar-refractivity contribution in [3.05, 3.63) is 75.3 Å². The van der Waals surface area contributed by atoms with E-state index in [-0.39, 0.29) is 23.1 Å². The Morgan fingerprint density at radius 2 is 1.85 bits per heavy atom. The van der Waals surface area contributed by atoms with Crippen LogP contribution < -0.4 is 20.6 Å². The van der Waals surface area contributed by atoms with Gasteiger partial charge in [0.2, 0.25) is 0 Å². The lowest BCUT2D eigenvalue weighted by Gasteiger charge is -2.19. The Labute approximate surface area is 223 Å². The second-order valence-corrected chi connectivity index (χ2v) is 9.99. The van der Waals surface area contributed by atoms with Crippen LogP contribution in [0, 0.1) is 0 Å². The van der Waals surface area contributed by atoms with E-state index in [2.05, 4.69) is 19.7 Å². The van der Waals surface area contributed by atoms with Crippen molar-refractivity contribution in [3.8, 4) is 33.9 Å². The molecule has 2 atom stereocenters. The molecule has 40 heavy (non-hydrogen) atoms. The summed E-state index contributed by atoms with van der Waals surface area (Å²) >= 11 is 0. The second kappa shape index (κ2) is 8.98. The topological polar surface area (TPSA) is 105 Å². The van der Waals surface area contributed by atoms with Crippen LogP contribution >= 0.6 is 0 Å². The SMILES string of the molecule is O=c1[nH]c2cc(-c3cccc(OC(F)(F)F)c3)cc3c2nc1-c1cccc2c(=O)n([nH]c12)CCN1CC[C@@H](C1)O3. The van der Waals surface area contributed by atoms with E-state index in [1.165, 1.54) is 18.2 Å². The molecule has 6 bridgehead atoms. The summed E-state index contributed by atoms with van der Waals surface area (Å²) in [5.41, 5.74) is 2.20. The van der Waals surface area contributed by atoms with Gasteiger partial charge in [-0.1, -0.05) is 24.3 Å². The van der Waals surface area contributed by atoms with Crippen LogP contribution in [0.2, 0.25) is 0 Å². The monoisotopic (exact) mass is 549 g/mol. The molecule has 1 saturated heterocycles. The lowest BCUT2D eigenvalue weighted by Crippen LogP contribution is -2.30. The molecule has 0 aliphatic carbocycles. The number of benzene rings is 3. The molecule has 9 nitrogen and oxygen atoms in total. The van der Waals surface area contributed by atoms with Gasteiger partial charge in [-0.2, -0.15) is 0 Å². The highest BCUT2D eigenvalue weighted by Crippen LogP contribution is 2.35. The van der Waals surface area contributed by atoms with Gasteiger partial charge in [0.25, 0.3) is 11.1 Å². The van der Waals surface area contributed by atoms with Crippen LogP contribution in [0.3, 0.4) is 0 Å². The number of para-hydroxylation sites is 1. The molecule has 12 heteroatoms. The third-order valence-electron chi connectivity index (χ3n) is 7.37. The molecular formula is C28H22F3N5O4. The fourth-order valence-corrected chi connectivity index (χ4v) is 5.53. The summed E-state index contributed by atoms with van der Waals surface area (Å²) < 4.78 is 50.6. The summed E-state index contributed by atoms with van der Waals surface area (Å²) in [6.45, 7) is 2.47. The molecular weight excluding hydrogens is 527 g/mol. The minimum absolute atomic E-state index is 0.120. The average Bonchev–Trinajstić information content (AvgIpc) is 3.49. The zero-order valence-electron chi connectivity index (χ0n) is 20.9. The number of aromatic amines is 2. The number of aromatic nitrogens is 4. The molecule has 0 amide bonds. The Balaban J connectivity index is 1.44. The van der Waals surface area contributed by atoms with Crippen molar-refractivity contribution >= 4 is 21.9 Å². The van der Waals surface area contributed by atoms with Crippen LogP contribution in [-0.2, 0) is 6.54 Å². The second-order valence-electron chi connectivity index (χ2n) is 9.99. The van der Waals surface area contributed by atoms with E-state index in [4.69, 9.17) is 9.72 Å². The number of nitrogens with one attached hydrogen (secondary N) is 2. The summed E-state index contributed by atoms with van der Waals surface area (Å²) in [5, 5.41) is 3.63. The summed E-state index contributed by atoms with van der Waals surface area (Å²) in [6.07, 6.45) is -4.27. The van der Waals surface area contributed by atoms with E-state index in [9.17, 15) is 22.8 Å². The van der Waals surface area contributed by atoms with Gasteiger partial charge in [-0.25, -0.2) is 4.98 Å². The fourth-order valence-electron chi connectivity index (χ4n) is 5.53. The summed E-state index contributed by atoms with van der Waals surface area (Å²) in [5.74, 6) is 0.0405. The zero-order chi connectivity index (χ0) is 27.6. The highest BCUT2D eigenvalue weighted by molar-refractivity contribution is 5.94. The predicted octanol–water partition coefficient (Wildman–Crippen LogP) is 4.27. The third kappa shape index (κ3) is 4.30. The molecule has 5 aromatic rings. The van der Waals surface area contributed by atoms with Crippen molar-refractivity contribution in [3.63, 3.8) is 0 Å². The van der Waals surface area contributed by atoms with Gasteiger partial charge in [0.15, 0.2) is 0 Å². The van der Waals surface area contributed by atoms with Gasteiger partial charge in [-0.05, 0) is 47.9 Å². The molecule has 0 spiro atoms. The first-order valence-electron chi connectivity index (χ1n) is 12.8. The summed E-state index contributed by atoms with van der Waals surface area (Å²) in [6, 6.07) is 14.1. The normalized spacial score (nSPS) is 18.8. The minimum atomic E-state index is -4.83. The Morgan fingerprint density at radius 3 is 2.70 bits per heavy atom. The fraction of sp³-hybridized carbons (Fsp3) is 0.250. The summed E-state index contributed by atoms with van der Waals surface area (Å²) in [4.78, 5) is 36.2. The van der Waals surface area contributed by atoms with Gasteiger partial charge >= 0.3 is 6.36 Å². The van der Waals surface area contributed by atoms with Crippen molar-refractivity contribution in [1.82, 2.24) is 24.6 Å². The molecule has 3 aromatic carbocycles. The van der Waals surface area contributed by atoms with Crippen molar-refractivity contribution in [2.75, 3.05) is 19.6 Å². The standard InChI is InChI=1S/C28H22F3N5O4/c29-28(30,31)40-17-4-1-3-15(11-17)16-12-21-25-22(13-16)39-18-7-8-35(14-18)9-10-36-27(38)20-6-2-5-19(23(20)34-36)24(33-25)26(37)32-21/h1-6,11-13,18,34H,7-10,14H2,(H,32,37)/t18-/m0/s1. The first-order chi connectivity index (χ1) is 19.2. The number of hydrogen-bond donors (Lipinski definition) is 2. The van der Waals surface area contributed by atoms with Gasteiger partial charge < -0.3 is 14.5 Å². The van der Waals surface area contributed by atoms with Gasteiger partial charge in [0.1, 0.15) is 28.8 Å². The van der Waals surface area contributed by atoms with E-state index >= 15 is 0 Å². The molecule has 2 aromatic heterocycles. The maximum atomic E-state index is 13.4. The maximum absolute atomic E-state index is 13.4. The highest BCUT2D eigenvalue weighted by atomic mass is 19.4. The maximum Gasteiger partial charge on any atom is 0.573 e. The molecule has 1 unspecified atom stereocenters. The molecule has 1 fully saturated rings. The first kappa shape index (κ1) is 24.5. The van der Waals surface area contributed by atoms with Crippen LogP contribution in [0.4, 0.5) is 13.2 Å². The van der Waals surface area contributed by atoms with Crippen LogP contribution in [-0.4, -0.2) is 56.7 Å².